The molecule has 0 radical (unpaired) electrons. The molecule has 0 saturated carbocycles. The third kappa shape index (κ3) is 3.96. The number of hydrogen-bond acceptors (Lipinski definition) is 3. The summed E-state index contributed by atoms with van der Waals surface area (Å²) in [4.78, 5) is 11.0. The van der Waals surface area contributed by atoms with Gasteiger partial charge in [0.2, 0.25) is 0 Å². The van der Waals surface area contributed by atoms with E-state index in [1.165, 1.54) is 4.31 Å². The van der Waals surface area contributed by atoms with E-state index < -0.39 is 22.1 Å². The molecule has 0 amide bonds. The molecule has 116 valence electrons. The second-order valence-electron chi connectivity index (χ2n) is 5.13. The first-order valence-electron chi connectivity index (χ1n) is 6.56. The number of piperidine rings is 1. The summed E-state index contributed by atoms with van der Waals surface area (Å²) in [5.74, 6) is -1.59. The molecule has 2 rings (SSSR count). The van der Waals surface area contributed by atoms with E-state index in [1.807, 2.05) is 13.0 Å². The number of nitrogens with one attached hydrogen (secondary N) is 1. The molecule has 0 aliphatic carbocycles. The fraction of sp³-hybridized carbons (Fsp3) is 0.462. The number of anilines is 1. The largest absolute Gasteiger partial charge is 0.481 e. The van der Waals surface area contributed by atoms with Gasteiger partial charge >= 0.3 is 16.2 Å². The highest BCUT2D eigenvalue weighted by Crippen LogP contribution is 2.26. The Hall–Kier alpha value is -1.12. The van der Waals surface area contributed by atoms with E-state index in [-0.39, 0.29) is 6.54 Å². The summed E-state index contributed by atoms with van der Waals surface area (Å²) in [6, 6.07) is 5.35. The molecule has 21 heavy (non-hydrogen) atoms. The molecular weight excluding hydrogens is 360 g/mol. The van der Waals surface area contributed by atoms with Gasteiger partial charge in [-0.1, -0.05) is 6.07 Å². The van der Waals surface area contributed by atoms with Gasteiger partial charge in [-0.3, -0.25) is 9.52 Å². The number of nitrogens with zero attached hydrogens (tertiary/aromatic N) is 1. The number of carbonyl (C=O) groups is 1. The van der Waals surface area contributed by atoms with Crippen LogP contribution in [-0.2, 0) is 15.0 Å². The lowest BCUT2D eigenvalue weighted by Gasteiger charge is -2.30. The van der Waals surface area contributed by atoms with Crippen molar-refractivity contribution in [2.24, 2.45) is 5.92 Å². The molecule has 1 atom stereocenters. The number of hydrogen-bond donors (Lipinski definition) is 2. The van der Waals surface area contributed by atoms with Gasteiger partial charge < -0.3 is 5.11 Å². The standard InChI is InChI=1S/C13H17BrN2O4S/c1-9-4-5-11(14)12(7-9)15-21(19,20)16-6-2-3-10(8-16)13(17)18/h4-5,7,10,15H,2-3,6,8H2,1H3,(H,17,18). The summed E-state index contributed by atoms with van der Waals surface area (Å²) >= 11 is 3.30. The van der Waals surface area contributed by atoms with Crippen molar-refractivity contribution in [3.8, 4) is 0 Å². The van der Waals surface area contributed by atoms with Crippen LogP contribution in [0.15, 0.2) is 22.7 Å². The average Bonchev–Trinajstić information content (AvgIpc) is 2.43. The highest BCUT2D eigenvalue weighted by molar-refractivity contribution is 9.10. The lowest BCUT2D eigenvalue weighted by Crippen LogP contribution is -2.44. The maximum Gasteiger partial charge on any atom is 0.307 e. The molecule has 2 N–H and O–H groups in total. The Morgan fingerprint density at radius 1 is 1.48 bits per heavy atom. The normalized spacial score (nSPS) is 20.2. The summed E-state index contributed by atoms with van der Waals surface area (Å²) in [6.45, 7) is 2.21. The maximum atomic E-state index is 12.4. The topological polar surface area (TPSA) is 86.7 Å². The first-order valence-corrected chi connectivity index (χ1v) is 8.80. The van der Waals surface area contributed by atoms with Gasteiger partial charge in [-0.25, -0.2) is 0 Å². The van der Waals surface area contributed by atoms with Gasteiger partial charge in [-0.15, -0.1) is 0 Å². The van der Waals surface area contributed by atoms with Crippen molar-refractivity contribution in [2.45, 2.75) is 19.8 Å². The second kappa shape index (κ2) is 6.33. The molecule has 1 aromatic carbocycles. The number of halogens is 1. The number of carboxylic acid groups (broad SMARTS) is 1. The molecule has 1 aromatic rings. The van der Waals surface area contributed by atoms with Gasteiger partial charge in [-0.05, 0) is 53.4 Å². The van der Waals surface area contributed by atoms with Crippen LogP contribution in [0.2, 0.25) is 0 Å². The quantitative estimate of drug-likeness (QED) is 0.843. The van der Waals surface area contributed by atoms with E-state index in [9.17, 15) is 13.2 Å². The van der Waals surface area contributed by atoms with Gasteiger partial charge in [0, 0.05) is 17.6 Å². The van der Waals surface area contributed by atoms with Gasteiger partial charge in [0.1, 0.15) is 0 Å². The monoisotopic (exact) mass is 376 g/mol. The molecule has 8 heteroatoms. The zero-order chi connectivity index (χ0) is 15.6. The minimum absolute atomic E-state index is 0.00804. The summed E-state index contributed by atoms with van der Waals surface area (Å²) in [6.07, 6.45) is 1.06. The van der Waals surface area contributed by atoms with Crippen molar-refractivity contribution in [1.29, 1.82) is 0 Å². The van der Waals surface area contributed by atoms with Crippen LogP contribution in [0.3, 0.4) is 0 Å². The van der Waals surface area contributed by atoms with E-state index in [4.69, 9.17) is 5.11 Å². The third-order valence-electron chi connectivity index (χ3n) is 3.43. The lowest BCUT2D eigenvalue weighted by molar-refractivity contribution is -0.142. The number of carboxylic acids is 1. The Kier molecular flexibility index (Phi) is 4.90. The van der Waals surface area contributed by atoms with Gasteiger partial charge in [0.15, 0.2) is 0 Å². The maximum absolute atomic E-state index is 12.4. The van der Waals surface area contributed by atoms with E-state index in [2.05, 4.69) is 20.7 Å². The zero-order valence-corrected chi connectivity index (χ0v) is 13.9. The van der Waals surface area contributed by atoms with Crippen molar-refractivity contribution < 1.29 is 18.3 Å². The second-order valence-corrected chi connectivity index (χ2v) is 7.65. The van der Waals surface area contributed by atoms with E-state index in [1.54, 1.807) is 12.1 Å². The number of aliphatic carboxylic acids is 1. The summed E-state index contributed by atoms with van der Waals surface area (Å²) < 4.78 is 29.1. The van der Waals surface area contributed by atoms with Crippen LogP contribution in [0.5, 0.6) is 0 Å². The molecule has 1 heterocycles. The average molecular weight is 377 g/mol. The van der Waals surface area contributed by atoms with Crippen molar-refractivity contribution >= 4 is 37.8 Å². The Balaban J connectivity index is 2.18. The molecule has 0 aromatic heterocycles. The summed E-state index contributed by atoms with van der Waals surface area (Å²) in [5, 5.41) is 9.04. The van der Waals surface area contributed by atoms with Crippen molar-refractivity contribution in [1.82, 2.24) is 4.31 Å². The number of benzene rings is 1. The summed E-state index contributed by atoms with van der Waals surface area (Å²) in [5.41, 5.74) is 1.38. The number of rotatable bonds is 4. The van der Waals surface area contributed by atoms with Crippen LogP contribution in [-0.4, -0.2) is 36.9 Å². The molecule has 0 bridgehead atoms. The van der Waals surface area contributed by atoms with Crippen molar-refractivity contribution in [3.05, 3.63) is 28.2 Å². The smallest absolute Gasteiger partial charge is 0.307 e. The molecule has 1 unspecified atom stereocenters. The van der Waals surface area contributed by atoms with Gasteiger partial charge in [0.25, 0.3) is 0 Å². The van der Waals surface area contributed by atoms with E-state index in [0.29, 0.717) is 29.5 Å². The fourth-order valence-corrected chi connectivity index (χ4v) is 4.08. The Morgan fingerprint density at radius 3 is 2.86 bits per heavy atom. The van der Waals surface area contributed by atoms with Gasteiger partial charge in [0.05, 0.1) is 11.6 Å². The predicted molar refractivity (Wildman–Crippen MR) is 83.4 cm³/mol. The van der Waals surface area contributed by atoms with Gasteiger partial charge in [-0.2, -0.15) is 12.7 Å². The third-order valence-corrected chi connectivity index (χ3v) is 5.61. The minimum Gasteiger partial charge on any atom is -0.481 e. The highest BCUT2D eigenvalue weighted by Gasteiger charge is 2.32. The van der Waals surface area contributed by atoms with Crippen LogP contribution in [0.25, 0.3) is 0 Å². The first kappa shape index (κ1) is 16.3. The first-order chi connectivity index (χ1) is 9.79. The lowest BCUT2D eigenvalue weighted by atomic mass is 10.0. The molecule has 1 aliphatic heterocycles. The van der Waals surface area contributed by atoms with Crippen LogP contribution in [0, 0.1) is 12.8 Å². The van der Waals surface area contributed by atoms with Crippen molar-refractivity contribution in [2.75, 3.05) is 17.8 Å². The van der Waals surface area contributed by atoms with E-state index in [0.717, 1.165) is 5.56 Å². The fourth-order valence-electron chi connectivity index (χ4n) is 2.28. The predicted octanol–water partition coefficient (Wildman–Crippen LogP) is 2.21. The Labute approximate surface area is 132 Å². The Morgan fingerprint density at radius 2 is 2.19 bits per heavy atom. The Bertz CT molecular complexity index is 648. The summed E-state index contributed by atoms with van der Waals surface area (Å²) in [7, 11) is -3.75. The molecule has 6 nitrogen and oxygen atoms in total. The molecular formula is C13H17BrN2O4S. The zero-order valence-electron chi connectivity index (χ0n) is 11.5. The van der Waals surface area contributed by atoms with E-state index >= 15 is 0 Å². The molecule has 1 aliphatic rings. The van der Waals surface area contributed by atoms with Crippen LogP contribution in [0.1, 0.15) is 18.4 Å². The molecule has 1 saturated heterocycles. The van der Waals surface area contributed by atoms with Crippen LogP contribution >= 0.6 is 15.9 Å². The number of aryl methyl sites for hydroxylation is 1. The molecule has 0 spiro atoms. The minimum atomic E-state index is -3.75. The SMILES string of the molecule is Cc1ccc(Br)c(NS(=O)(=O)N2CCCC(C(=O)O)C2)c1. The molecule has 1 fully saturated rings. The van der Waals surface area contributed by atoms with Crippen LogP contribution in [0.4, 0.5) is 5.69 Å². The highest BCUT2D eigenvalue weighted by atomic mass is 79.9. The van der Waals surface area contributed by atoms with Crippen molar-refractivity contribution in [3.63, 3.8) is 0 Å². The van der Waals surface area contributed by atoms with Crippen LogP contribution < -0.4 is 4.72 Å².